The molecule has 0 spiro atoms. The topological polar surface area (TPSA) is 55.4 Å². The van der Waals surface area contributed by atoms with Crippen molar-refractivity contribution in [1.82, 2.24) is 0 Å². The van der Waals surface area contributed by atoms with E-state index < -0.39 is 10.1 Å². The van der Waals surface area contributed by atoms with Crippen molar-refractivity contribution in [2.24, 2.45) is 0 Å². The van der Waals surface area contributed by atoms with Crippen LogP contribution in [0.5, 0.6) is 0 Å². The van der Waals surface area contributed by atoms with Gasteiger partial charge < -0.3 is 9.50 Å². The Morgan fingerprint density at radius 3 is 2.44 bits per heavy atom. The average molecular weight is 293 g/mol. The summed E-state index contributed by atoms with van der Waals surface area (Å²) in [5, 5.41) is 3.30. The largest absolute Gasteiger partial charge is 0.382 e. The number of fused-ring (bicyclic) bond motifs is 1. The van der Waals surface area contributed by atoms with Crippen LogP contribution < -0.4 is 5.32 Å². The van der Waals surface area contributed by atoms with Gasteiger partial charge in [-0.1, -0.05) is 12.1 Å². The summed E-state index contributed by atoms with van der Waals surface area (Å²) in [5.74, 6) is 0.381. The second-order valence-corrected chi connectivity index (χ2v) is 6.26. The van der Waals surface area contributed by atoms with Gasteiger partial charge in [-0.2, -0.15) is 8.42 Å². The van der Waals surface area contributed by atoms with Crippen molar-refractivity contribution >= 4 is 59.3 Å². The van der Waals surface area contributed by atoms with Crippen LogP contribution in [0.25, 0.3) is 5.76 Å². The molecule has 18 heavy (non-hydrogen) atoms. The molecule has 0 saturated heterocycles. The van der Waals surface area contributed by atoms with E-state index >= 15 is 0 Å². The quantitative estimate of drug-likeness (QED) is 0.667. The molecule has 0 bridgehead atoms. The maximum atomic E-state index is 11.2. The van der Waals surface area contributed by atoms with Gasteiger partial charge in [0.25, 0.3) is 0 Å². The molecule has 4 nitrogen and oxygen atoms in total. The Hall–Kier alpha value is -0.230. The van der Waals surface area contributed by atoms with Crippen LogP contribution in [0.3, 0.4) is 0 Å². The number of hydrogen-bond donors (Lipinski definition) is 1. The Morgan fingerprint density at radius 2 is 1.83 bits per heavy atom. The summed E-state index contributed by atoms with van der Waals surface area (Å²) in [6.45, 7) is 3.91. The first kappa shape index (κ1) is 15.8. The third-order valence-corrected chi connectivity index (χ3v) is 2.86. The van der Waals surface area contributed by atoms with Gasteiger partial charge in [-0.3, -0.25) is 0 Å². The van der Waals surface area contributed by atoms with Crippen LogP contribution >= 0.6 is 0 Å². The molecule has 0 saturated carbocycles. The molecule has 0 fully saturated rings. The van der Waals surface area contributed by atoms with Gasteiger partial charge in [0.2, 0.25) is 0 Å². The van der Waals surface area contributed by atoms with Crippen LogP contribution in [0.2, 0.25) is 0 Å². The van der Waals surface area contributed by atoms with E-state index in [-0.39, 0.29) is 43.3 Å². The maximum absolute atomic E-state index is 11.2. The van der Waals surface area contributed by atoms with Crippen molar-refractivity contribution in [2.75, 3.05) is 11.6 Å². The van der Waals surface area contributed by atoms with E-state index in [0.717, 1.165) is 17.5 Å². The van der Waals surface area contributed by atoms with Crippen molar-refractivity contribution < 1.29 is 12.6 Å². The van der Waals surface area contributed by atoms with Gasteiger partial charge in [0.1, 0.15) is 5.76 Å². The molecule has 6 heteroatoms. The summed E-state index contributed by atoms with van der Waals surface area (Å²) < 4.78 is 27.5. The smallest absolute Gasteiger partial charge is 0.306 e. The standard InChI is InChI=1S/C12H15NO3S.Ca/c1-12(2)8-11(16-17(3,14)15)9-6-4-5-7-10(9)13-12;/h4-8,13H,1-3H3;. The van der Waals surface area contributed by atoms with E-state index in [1.807, 2.05) is 38.1 Å². The van der Waals surface area contributed by atoms with E-state index in [9.17, 15) is 8.42 Å². The predicted molar refractivity (Wildman–Crippen MR) is 73.8 cm³/mol. The van der Waals surface area contributed by atoms with Crippen LogP contribution in [0.4, 0.5) is 5.69 Å². The third kappa shape index (κ3) is 3.88. The molecule has 1 aromatic rings. The average Bonchev–Trinajstić information content (AvgIpc) is 2.13. The second kappa shape index (κ2) is 5.41. The summed E-state index contributed by atoms with van der Waals surface area (Å²) in [5.41, 5.74) is 1.30. The fourth-order valence-electron chi connectivity index (χ4n) is 1.83. The number of rotatable bonds is 2. The molecule has 1 N–H and O–H groups in total. The SMILES string of the molecule is CC1(C)C=C(OS(C)(=O)=O)c2ccccc2N1.[Ca]. The van der Waals surface area contributed by atoms with E-state index in [0.29, 0.717) is 5.76 Å². The van der Waals surface area contributed by atoms with Gasteiger partial charge in [-0.15, -0.1) is 0 Å². The molecule has 1 aromatic carbocycles. The fourth-order valence-corrected chi connectivity index (χ4v) is 2.29. The van der Waals surface area contributed by atoms with Crippen LogP contribution in [0, 0.1) is 0 Å². The monoisotopic (exact) mass is 293 g/mol. The zero-order chi connectivity index (χ0) is 12.7. The van der Waals surface area contributed by atoms with Crippen LogP contribution in [0.1, 0.15) is 19.4 Å². The summed E-state index contributed by atoms with van der Waals surface area (Å²) in [4.78, 5) is 0. The molecule has 0 unspecified atom stereocenters. The molecule has 1 aliphatic rings. The van der Waals surface area contributed by atoms with Crippen molar-refractivity contribution in [1.29, 1.82) is 0 Å². The zero-order valence-corrected chi connectivity index (χ0v) is 13.8. The first-order chi connectivity index (χ1) is 7.77. The Kier molecular flexibility index (Phi) is 4.75. The maximum Gasteiger partial charge on any atom is 0.306 e. The Bertz CT molecular complexity index is 579. The second-order valence-electron chi connectivity index (χ2n) is 4.69. The first-order valence-corrected chi connectivity index (χ1v) is 7.08. The molecule has 0 atom stereocenters. The molecule has 0 amide bonds. The fraction of sp³-hybridized carbons (Fsp3) is 0.333. The first-order valence-electron chi connectivity index (χ1n) is 5.27. The molecule has 0 aromatic heterocycles. The van der Waals surface area contributed by atoms with Gasteiger partial charge >= 0.3 is 10.1 Å². The minimum Gasteiger partial charge on any atom is -0.382 e. The molecular formula is C12H15CaNO3S. The van der Waals surface area contributed by atoms with E-state index in [2.05, 4.69) is 5.32 Å². The Balaban J connectivity index is 0.00000162. The van der Waals surface area contributed by atoms with E-state index in [1.54, 1.807) is 6.08 Å². The number of hydrogen-bond acceptors (Lipinski definition) is 4. The van der Waals surface area contributed by atoms with Crippen LogP contribution in [-0.2, 0) is 14.3 Å². The van der Waals surface area contributed by atoms with Gasteiger partial charge in [-0.05, 0) is 32.1 Å². The van der Waals surface area contributed by atoms with Gasteiger partial charge in [0.15, 0.2) is 0 Å². The number of benzene rings is 1. The van der Waals surface area contributed by atoms with Crippen LogP contribution in [-0.4, -0.2) is 58.0 Å². The summed E-state index contributed by atoms with van der Waals surface area (Å²) >= 11 is 0. The number of para-hydroxylation sites is 1. The predicted octanol–water partition coefficient (Wildman–Crippen LogP) is 1.83. The summed E-state index contributed by atoms with van der Waals surface area (Å²) in [6, 6.07) is 7.47. The van der Waals surface area contributed by atoms with E-state index in [4.69, 9.17) is 4.18 Å². The zero-order valence-electron chi connectivity index (χ0n) is 10.7. The molecular weight excluding hydrogens is 278 g/mol. The minimum absolute atomic E-state index is 0. The number of nitrogens with one attached hydrogen (secondary N) is 1. The Morgan fingerprint density at radius 1 is 1.22 bits per heavy atom. The van der Waals surface area contributed by atoms with Crippen molar-refractivity contribution in [2.45, 2.75) is 19.4 Å². The minimum atomic E-state index is -3.51. The van der Waals surface area contributed by atoms with Gasteiger partial charge in [0, 0.05) is 49.0 Å². The Labute approximate surface area is 138 Å². The van der Waals surface area contributed by atoms with Crippen molar-refractivity contribution in [3.8, 4) is 0 Å². The van der Waals surface area contributed by atoms with Gasteiger partial charge in [0.05, 0.1) is 11.8 Å². The van der Waals surface area contributed by atoms with Crippen LogP contribution in [0.15, 0.2) is 30.3 Å². The van der Waals surface area contributed by atoms with Crippen molar-refractivity contribution in [3.63, 3.8) is 0 Å². The molecule has 1 heterocycles. The molecule has 1 aliphatic heterocycles. The summed E-state index contributed by atoms with van der Waals surface area (Å²) in [7, 11) is -3.51. The molecule has 94 valence electrons. The summed E-state index contributed by atoms with van der Waals surface area (Å²) in [6.07, 6.45) is 2.82. The van der Waals surface area contributed by atoms with Gasteiger partial charge in [-0.25, -0.2) is 0 Å². The molecule has 0 aliphatic carbocycles. The van der Waals surface area contributed by atoms with E-state index in [1.165, 1.54) is 0 Å². The normalized spacial score (nSPS) is 16.7. The number of anilines is 1. The van der Waals surface area contributed by atoms with Crippen molar-refractivity contribution in [3.05, 3.63) is 35.9 Å². The third-order valence-electron chi connectivity index (χ3n) is 2.38. The molecule has 2 radical (unpaired) electrons. The molecule has 2 rings (SSSR count).